The van der Waals surface area contributed by atoms with Crippen LogP contribution in [0.4, 0.5) is 0 Å². The predicted molar refractivity (Wildman–Crippen MR) is 69.9 cm³/mol. The van der Waals surface area contributed by atoms with Crippen LogP contribution in [0.2, 0.25) is 0 Å². The number of hydrogen-bond donors (Lipinski definition) is 2. The van der Waals surface area contributed by atoms with Crippen molar-refractivity contribution < 1.29 is 19.0 Å². The van der Waals surface area contributed by atoms with Gasteiger partial charge >= 0.3 is 0 Å². The predicted octanol–water partition coefficient (Wildman–Crippen LogP) is 0.473. The minimum Gasteiger partial charge on any atom is -0.493 e. The molecule has 6 nitrogen and oxygen atoms in total. The Balaban J connectivity index is 2.47. The van der Waals surface area contributed by atoms with E-state index in [0.717, 1.165) is 5.56 Å². The second-order valence-corrected chi connectivity index (χ2v) is 4.10. The molecular weight excluding hydrogens is 248 g/mol. The van der Waals surface area contributed by atoms with Crippen molar-refractivity contribution in [3.8, 4) is 17.2 Å². The fourth-order valence-electron chi connectivity index (χ4n) is 2.20. The fraction of sp³-hybridized carbons (Fsp3) is 0.462. The van der Waals surface area contributed by atoms with Crippen LogP contribution < -0.4 is 24.8 Å². The average Bonchev–Trinajstić information content (AvgIpc) is 2.46. The van der Waals surface area contributed by atoms with Crippen molar-refractivity contribution in [2.24, 2.45) is 0 Å². The molecule has 1 amide bonds. The molecular formula is C13H18N2O4. The first-order valence-corrected chi connectivity index (χ1v) is 6.03. The van der Waals surface area contributed by atoms with Gasteiger partial charge in [-0.2, -0.15) is 0 Å². The second-order valence-electron chi connectivity index (χ2n) is 4.10. The summed E-state index contributed by atoms with van der Waals surface area (Å²) >= 11 is 0. The van der Waals surface area contributed by atoms with Gasteiger partial charge in [-0.3, -0.25) is 4.79 Å². The van der Waals surface area contributed by atoms with Crippen LogP contribution in [-0.2, 0) is 4.79 Å². The topological polar surface area (TPSA) is 68.8 Å². The van der Waals surface area contributed by atoms with Crippen LogP contribution in [0.15, 0.2) is 12.1 Å². The molecule has 0 saturated carbocycles. The first-order valence-electron chi connectivity index (χ1n) is 6.03. The monoisotopic (exact) mass is 266 g/mol. The summed E-state index contributed by atoms with van der Waals surface area (Å²) in [7, 11) is 4.64. The molecule has 1 atom stereocenters. The number of methoxy groups -OCH3 is 3. The average molecular weight is 266 g/mol. The van der Waals surface area contributed by atoms with Crippen molar-refractivity contribution in [1.29, 1.82) is 0 Å². The number of benzene rings is 1. The Labute approximate surface area is 112 Å². The van der Waals surface area contributed by atoms with Crippen LogP contribution in [0.25, 0.3) is 0 Å². The molecule has 19 heavy (non-hydrogen) atoms. The molecule has 0 spiro atoms. The Hall–Kier alpha value is -1.95. The van der Waals surface area contributed by atoms with E-state index in [1.807, 2.05) is 6.07 Å². The normalized spacial score (nSPS) is 18.7. The Morgan fingerprint density at radius 3 is 2.37 bits per heavy atom. The van der Waals surface area contributed by atoms with Crippen molar-refractivity contribution in [1.82, 2.24) is 10.6 Å². The summed E-state index contributed by atoms with van der Waals surface area (Å²) in [5, 5.41) is 5.98. The molecule has 0 aliphatic carbocycles. The van der Waals surface area contributed by atoms with Gasteiger partial charge in [-0.25, -0.2) is 0 Å². The maximum Gasteiger partial charge on any atom is 0.241 e. The quantitative estimate of drug-likeness (QED) is 0.829. The Kier molecular flexibility index (Phi) is 4.11. The lowest BCUT2D eigenvalue weighted by molar-refractivity contribution is -0.124. The molecule has 0 radical (unpaired) electrons. The molecule has 1 aliphatic rings. The second kappa shape index (κ2) is 5.79. The lowest BCUT2D eigenvalue weighted by atomic mass is 10.0. The van der Waals surface area contributed by atoms with E-state index < -0.39 is 6.04 Å². The number of carbonyl (C=O) groups is 1. The van der Waals surface area contributed by atoms with E-state index in [1.54, 1.807) is 27.4 Å². The molecule has 1 fully saturated rings. The first-order chi connectivity index (χ1) is 9.22. The third-order valence-electron chi connectivity index (χ3n) is 3.08. The standard InChI is InChI=1S/C13H18N2O4/c1-17-9-5-4-8(11(18-2)12(9)19-3)10-13(16)15-7-6-14-10/h4-5,10,14H,6-7H2,1-3H3,(H,15,16). The molecule has 6 heteroatoms. The Morgan fingerprint density at radius 2 is 1.79 bits per heavy atom. The van der Waals surface area contributed by atoms with Gasteiger partial charge < -0.3 is 24.8 Å². The van der Waals surface area contributed by atoms with Crippen molar-refractivity contribution in [3.63, 3.8) is 0 Å². The van der Waals surface area contributed by atoms with E-state index in [1.165, 1.54) is 0 Å². The highest BCUT2D eigenvalue weighted by Gasteiger charge is 2.28. The first kappa shape index (κ1) is 13.5. The van der Waals surface area contributed by atoms with Crippen molar-refractivity contribution in [2.45, 2.75) is 6.04 Å². The van der Waals surface area contributed by atoms with Gasteiger partial charge in [-0.05, 0) is 12.1 Å². The highest BCUT2D eigenvalue weighted by atomic mass is 16.5. The number of ether oxygens (including phenoxy) is 3. The van der Waals surface area contributed by atoms with Crippen LogP contribution in [0.1, 0.15) is 11.6 Å². The van der Waals surface area contributed by atoms with Crippen LogP contribution in [0.3, 0.4) is 0 Å². The minimum absolute atomic E-state index is 0.0724. The largest absolute Gasteiger partial charge is 0.493 e. The zero-order valence-electron chi connectivity index (χ0n) is 11.3. The van der Waals surface area contributed by atoms with Crippen LogP contribution in [-0.4, -0.2) is 40.3 Å². The third kappa shape index (κ3) is 2.44. The van der Waals surface area contributed by atoms with E-state index in [-0.39, 0.29) is 5.91 Å². The van der Waals surface area contributed by atoms with E-state index in [0.29, 0.717) is 30.3 Å². The minimum atomic E-state index is -0.441. The van der Waals surface area contributed by atoms with Gasteiger partial charge in [0.1, 0.15) is 6.04 Å². The summed E-state index contributed by atoms with van der Waals surface area (Å²) in [4.78, 5) is 11.9. The molecule has 1 saturated heterocycles. The lowest BCUT2D eigenvalue weighted by Crippen LogP contribution is -2.47. The summed E-state index contributed by atoms with van der Waals surface area (Å²) in [6.45, 7) is 1.35. The van der Waals surface area contributed by atoms with Crippen LogP contribution in [0, 0.1) is 0 Å². The Morgan fingerprint density at radius 1 is 1.05 bits per heavy atom. The maximum absolute atomic E-state index is 11.9. The van der Waals surface area contributed by atoms with Crippen molar-refractivity contribution in [3.05, 3.63) is 17.7 Å². The molecule has 2 N–H and O–H groups in total. The van der Waals surface area contributed by atoms with Gasteiger partial charge in [0, 0.05) is 18.7 Å². The van der Waals surface area contributed by atoms with Gasteiger partial charge in [-0.15, -0.1) is 0 Å². The molecule has 1 heterocycles. The molecule has 0 bridgehead atoms. The fourth-order valence-corrected chi connectivity index (χ4v) is 2.20. The summed E-state index contributed by atoms with van der Waals surface area (Å²) in [6, 6.07) is 3.13. The zero-order chi connectivity index (χ0) is 13.8. The highest BCUT2D eigenvalue weighted by Crippen LogP contribution is 2.42. The van der Waals surface area contributed by atoms with E-state index in [4.69, 9.17) is 14.2 Å². The number of piperazine rings is 1. The van der Waals surface area contributed by atoms with E-state index in [9.17, 15) is 4.79 Å². The lowest BCUT2D eigenvalue weighted by Gasteiger charge is -2.26. The SMILES string of the molecule is COc1ccc(C2NCCNC2=O)c(OC)c1OC. The van der Waals surface area contributed by atoms with Crippen LogP contribution in [0.5, 0.6) is 17.2 Å². The summed E-state index contributed by atoms with van der Waals surface area (Å²) < 4.78 is 15.9. The maximum atomic E-state index is 11.9. The number of nitrogens with one attached hydrogen (secondary N) is 2. The van der Waals surface area contributed by atoms with Crippen molar-refractivity contribution in [2.75, 3.05) is 34.4 Å². The van der Waals surface area contributed by atoms with Crippen molar-refractivity contribution >= 4 is 5.91 Å². The van der Waals surface area contributed by atoms with Crippen LogP contribution >= 0.6 is 0 Å². The zero-order valence-corrected chi connectivity index (χ0v) is 11.3. The summed E-state index contributed by atoms with van der Waals surface area (Å²) in [5.74, 6) is 1.50. The molecule has 0 aromatic heterocycles. The smallest absolute Gasteiger partial charge is 0.241 e. The van der Waals surface area contributed by atoms with E-state index >= 15 is 0 Å². The molecule has 2 rings (SSSR count). The molecule has 1 aromatic carbocycles. The van der Waals surface area contributed by atoms with Gasteiger partial charge in [-0.1, -0.05) is 0 Å². The molecule has 1 aromatic rings. The Bertz CT molecular complexity index is 476. The molecule has 1 aliphatic heterocycles. The highest BCUT2D eigenvalue weighted by molar-refractivity contribution is 5.85. The number of rotatable bonds is 4. The summed E-state index contributed by atoms with van der Waals surface area (Å²) in [6.07, 6.45) is 0. The van der Waals surface area contributed by atoms with Gasteiger partial charge in [0.05, 0.1) is 21.3 Å². The van der Waals surface area contributed by atoms with Gasteiger partial charge in [0.25, 0.3) is 0 Å². The molecule has 104 valence electrons. The number of carbonyl (C=O) groups excluding carboxylic acids is 1. The van der Waals surface area contributed by atoms with Gasteiger partial charge in [0.2, 0.25) is 11.7 Å². The summed E-state index contributed by atoms with van der Waals surface area (Å²) in [5.41, 5.74) is 0.734. The number of hydrogen-bond acceptors (Lipinski definition) is 5. The molecule has 1 unspecified atom stereocenters. The third-order valence-corrected chi connectivity index (χ3v) is 3.08. The van der Waals surface area contributed by atoms with Gasteiger partial charge in [0.15, 0.2) is 11.5 Å². The number of amides is 1. The van der Waals surface area contributed by atoms with E-state index in [2.05, 4.69) is 10.6 Å².